The summed E-state index contributed by atoms with van der Waals surface area (Å²) in [5.74, 6) is 0.427. The van der Waals surface area contributed by atoms with E-state index < -0.39 is 6.10 Å². The Kier molecular flexibility index (Phi) is 4.03. The molecule has 2 rings (SSSR count). The average Bonchev–Trinajstić information content (AvgIpc) is 2.80. The smallest absolute Gasteiger partial charge is 0.106 e. The maximum Gasteiger partial charge on any atom is 0.106 e. The van der Waals surface area contributed by atoms with Crippen molar-refractivity contribution in [3.05, 3.63) is 33.4 Å². The van der Waals surface area contributed by atoms with Crippen molar-refractivity contribution in [2.24, 2.45) is 5.92 Å². The molecule has 0 saturated carbocycles. The molecule has 3 atom stereocenters. The van der Waals surface area contributed by atoms with Crippen molar-refractivity contribution in [1.82, 2.24) is 0 Å². The molecule has 0 amide bonds. The fraction of sp³-hybridized carbons (Fsp3) is 0.647. The number of aliphatic hydroxyl groups is 1. The van der Waals surface area contributed by atoms with Crippen molar-refractivity contribution in [3.8, 4) is 0 Å². The zero-order valence-electron chi connectivity index (χ0n) is 13.0. The minimum Gasteiger partial charge on any atom is -0.386 e. The lowest BCUT2D eigenvalue weighted by Crippen LogP contribution is -2.25. The summed E-state index contributed by atoms with van der Waals surface area (Å²) in [6, 6.07) is 0. The van der Waals surface area contributed by atoms with Gasteiger partial charge >= 0.3 is 0 Å². The van der Waals surface area contributed by atoms with Gasteiger partial charge in [-0.15, -0.1) is 0 Å². The molecule has 19 heavy (non-hydrogen) atoms. The van der Waals surface area contributed by atoms with E-state index in [4.69, 9.17) is 4.74 Å². The van der Waals surface area contributed by atoms with Crippen LogP contribution < -0.4 is 0 Å². The number of rotatable bonds is 2. The van der Waals surface area contributed by atoms with E-state index in [1.165, 1.54) is 27.8 Å². The molecule has 3 unspecified atom stereocenters. The van der Waals surface area contributed by atoms with E-state index in [1.54, 1.807) is 0 Å². The summed E-state index contributed by atoms with van der Waals surface area (Å²) >= 11 is 0. The molecule has 0 spiro atoms. The Morgan fingerprint density at radius 1 is 0.947 bits per heavy atom. The summed E-state index contributed by atoms with van der Waals surface area (Å²) in [7, 11) is 0. The lowest BCUT2D eigenvalue weighted by atomic mass is 9.84. The van der Waals surface area contributed by atoms with E-state index in [0.29, 0.717) is 5.92 Å². The monoisotopic (exact) mass is 262 g/mol. The molecular weight excluding hydrogens is 236 g/mol. The van der Waals surface area contributed by atoms with Crippen molar-refractivity contribution in [1.29, 1.82) is 0 Å². The Hall–Kier alpha value is -0.860. The Morgan fingerprint density at radius 3 is 1.84 bits per heavy atom. The Bertz CT molecular complexity index is 462. The second-order valence-corrected chi connectivity index (χ2v) is 6.08. The minimum absolute atomic E-state index is 0.0566. The third-order valence-electron chi connectivity index (χ3n) is 5.11. The third-order valence-corrected chi connectivity index (χ3v) is 5.11. The molecule has 1 aromatic carbocycles. The molecule has 0 aromatic heterocycles. The summed E-state index contributed by atoms with van der Waals surface area (Å²) in [5, 5.41) is 10.8. The zero-order chi connectivity index (χ0) is 14.3. The van der Waals surface area contributed by atoms with E-state index >= 15 is 0 Å². The van der Waals surface area contributed by atoms with Gasteiger partial charge in [0.1, 0.15) is 6.10 Å². The van der Waals surface area contributed by atoms with Gasteiger partial charge in [0.25, 0.3) is 0 Å². The van der Waals surface area contributed by atoms with Gasteiger partial charge in [0.2, 0.25) is 0 Å². The fourth-order valence-electron chi connectivity index (χ4n) is 3.26. The Morgan fingerprint density at radius 2 is 1.42 bits per heavy atom. The molecule has 0 aliphatic carbocycles. The number of benzene rings is 1. The van der Waals surface area contributed by atoms with Crippen LogP contribution in [0.1, 0.15) is 52.8 Å². The van der Waals surface area contributed by atoms with Gasteiger partial charge < -0.3 is 9.84 Å². The van der Waals surface area contributed by atoms with Gasteiger partial charge in [-0.1, -0.05) is 6.92 Å². The van der Waals surface area contributed by atoms with Crippen LogP contribution in [-0.4, -0.2) is 17.8 Å². The molecule has 106 valence electrons. The van der Waals surface area contributed by atoms with Crippen molar-refractivity contribution in [3.63, 3.8) is 0 Å². The quantitative estimate of drug-likeness (QED) is 0.881. The Labute approximate surface area is 116 Å². The summed E-state index contributed by atoms with van der Waals surface area (Å²) < 4.78 is 5.75. The molecular formula is C17H26O2. The summed E-state index contributed by atoms with van der Waals surface area (Å²) in [6.45, 7) is 13.6. The maximum absolute atomic E-state index is 10.8. The van der Waals surface area contributed by atoms with E-state index in [-0.39, 0.29) is 6.10 Å². The first-order valence-corrected chi connectivity index (χ1v) is 7.22. The normalized spacial score (nSPS) is 24.8. The number of ether oxygens (including phenoxy) is 1. The fourth-order valence-corrected chi connectivity index (χ4v) is 3.26. The van der Waals surface area contributed by atoms with Gasteiger partial charge in [-0.2, -0.15) is 0 Å². The predicted octanol–water partition coefficient (Wildman–Crippen LogP) is 3.69. The van der Waals surface area contributed by atoms with Crippen molar-refractivity contribution >= 4 is 0 Å². The van der Waals surface area contributed by atoms with Crippen LogP contribution in [0.4, 0.5) is 0 Å². The van der Waals surface area contributed by atoms with Crippen LogP contribution in [0.5, 0.6) is 0 Å². The first kappa shape index (κ1) is 14.5. The highest BCUT2D eigenvalue weighted by atomic mass is 16.5. The molecule has 2 heteroatoms. The molecule has 1 saturated heterocycles. The lowest BCUT2D eigenvalue weighted by molar-refractivity contribution is -0.0184. The van der Waals surface area contributed by atoms with E-state index in [0.717, 1.165) is 18.6 Å². The SMILES string of the molecule is Cc1c(C)c(C)c(C(O)C2OCCC2C)c(C)c1C. The third kappa shape index (κ3) is 2.32. The van der Waals surface area contributed by atoms with Gasteiger partial charge in [0.15, 0.2) is 0 Å². The molecule has 1 N–H and O–H groups in total. The van der Waals surface area contributed by atoms with Crippen LogP contribution in [0, 0.1) is 40.5 Å². The van der Waals surface area contributed by atoms with Crippen LogP contribution in [0.15, 0.2) is 0 Å². The average molecular weight is 262 g/mol. The molecule has 2 nitrogen and oxygen atoms in total. The number of hydrogen-bond donors (Lipinski definition) is 1. The second-order valence-electron chi connectivity index (χ2n) is 6.08. The molecule has 1 aliphatic heterocycles. The lowest BCUT2D eigenvalue weighted by Gasteiger charge is -2.27. The largest absolute Gasteiger partial charge is 0.386 e. The van der Waals surface area contributed by atoms with Crippen LogP contribution in [0.3, 0.4) is 0 Å². The van der Waals surface area contributed by atoms with Gasteiger partial charge in [-0.25, -0.2) is 0 Å². The zero-order valence-corrected chi connectivity index (χ0v) is 13.0. The molecule has 0 radical (unpaired) electrons. The summed E-state index contributed by atoms with van der Waals surface area (Å²) in [4.78, 5) is 0. The first-order valence-electron chi connectivity index (χ1n) is 7.22. The van der Waals surface area contributed by atoms with Gasteiger partial charge in [-0.05, 0) is 80.3 Å². The van der Waals surface area contributed by atoms with Gasteiger partial charge in [-0.3, -0.25) is 0 Å². The number of hydrogen-bond acceptors (Lipinski definition) is 2. The molecule has 1 aromatic rings. The summed E-state index contributed by atoms with van der Waals surface area (Å²) in [5.41, 5.74) is 7.45. The minimum atomic E-state index is -0.504. The van der Waals surface area contributed by atoms with Gasteiger partial charge in [0.05, 0.1) is 6.10 Å². The highest BCUT2D eigenvalue weighted by molar-refractivity contribution is 5.50. The molecule has 1 heterocycles. The number of aliphatic hydroxyl groups excluding tert-OH is 1. The highest BCUT2D eigenvalue weighted by Crippen LogP contribution is 2.37. The van der Waals surface area contributed by atoms with E-state index in [1.807, 2.05) is 0 Å². The highest BCUT2D eigenvalue weighted by Gasteiger charge is 2.34. The summed E-state index contributed by atoms with van der Waals surface area (Å²) in [6.07, 6.45) is 0.485. The van der Waals surface area contributed by atoms with Crippen molar-refractivity contribution in [2.75, 3.05) is 6.61 Å². The topological polar surface area (TPSA) is 29.5 Å². The van der Waals surface area contributed by atoms with E-state index in [2.05, 4.69) is 41.5 Å². The van der Waals surface area contributed by atoms with Gasteiger partial charge in [0, 0.05) is 6.61 Å². The van der Waals surface area contributed by atoms with Crippen LogP contribution in [0.2, 0.25) is 0 Å². The molecule has 1 fully saturated rings. The van der Waals surface area contributed by atoms with Crippen LogP contribution in [-0.2, 0) is 4.74 Å². The van der Waals surface area contributed by atoms with Crippen molar-refractivity contribution < 1.29 is 9.84 Å². The van der Waals surface area contributed by atoms with Crippen molar-refractivity contribution in [2.45, 2.75) is 60.2 Å². The van der Waals surface area contributed by atoms with Crippen LogP contribution >= 0.6 is 0 Å². The molecule has 0 bridgehead atoms. The standard InChI is InChI=1S/C17H26O2/c1-9-7-8-19-17(9)16(18)15-13(5)11(3)10(2)12(4)14(15)6/h9,16-18H,7-8H2,1-6H3. The van der Waals surface area contributed by atoms with E-state index in [9.17, 15) is 5.11 Å². The predicted molar refractivity (Wildman–Crippen MR) is 78.6 cm³/mol. The molecule has 1 aliphatic rings. The first-order chi connectivity index (χ1) is 8.86. The van der Waals surface area contributed by atoms with Crippen LogP contribution in [0.25, 0.3) is 0 Å². The Balaban J connectivity index is 2.50. The maximum atomic E-state index is 10.8. The second kappa shape index (κ2) is 5.26.